The van der Waals surface area contributed by atoms with E-state index in [9.17, 15) is 31.5 Å². The molecule has 1 aromatic carbocycles. The molecule has 1 aliphatic carbocycles. The molecule has 2 aromatic heterocycles. The standard InChI is InChI=1S/C30H30F5N5O3S/c1-16-12-37-13-17(2)40(16)28(42)43-26-21-11-22(30(33,34)35)23(19-3-7-29(31,32)8-4-19)25-24(21)39(27(41)38-26)14-20(15-44-25)18-5-9-36-10-6-18/h3,5-6,9-11,16-17,20,37H,4,7-8,12-15H2,1-2H3/t16?,17?,20-/m0/s1. The average molecular weight is 636 g/mol. The first-order chi connectivity index (χ1) is 20.8. The molecule has 6 rings (SSSR count). The Morgan fingerprint density at radius 3 is 2.50 bits per heavy atom. The van der Waals surface area contributed by atoms with Crippen LogP contribution in [0.2, 0.25) is 0 Å². The minimum atomic E-state index is -4.89. The highest BCUT2D eigenvalue weighted by molar-refractivity contribution is 7.99. The summed E-state index contributed by atoms with van der Waals surface area (Å²) in [6.07, 6.45) is -2.91. The smallest absolute Gasteiger partial charge is 0.390 e. The summed E-state index contributed by atoms with van der Waals surface area (Å²) in [5.41, 5.74) is -0.961. The average Bonchev–Trinajstić information content (AvgIpc) is 3.17. The van der Waals surface area contributed by atoms with Gasteiger partial charge in [0.2, 0.25) is 5.88 Å². The van der Waals surface area contributed by atoms with Crippen molar-refractivity contribution in [1.82, 2.24) is 24.8 Å². The van der Waals surface area contributed by atoms with Crippen molar-refractivity contribution in [1.29, 1.82) is 0 Å². The van der Waals surface area contributed by atoms with E-state index in [1.807, 2.05) is 0 Å². The number of allylic oxidation sites excluding steroid dienone is 2. The maximum atomic E-state index is 14.8. The number of halogens is 5. The number of nitrogens with zero attached hydrogens (tertiary/aromatic N) is 4. The molecule has 2 unspecified atom stereocenters. The van der Waals surface area contributed by atoms with E-state index in [1.165, 1.54) is 15.5 Å². The van der Waals surface area contributed by atoms with Crippen LogP contribution >= 0.6 is 11.8 Å². The molecule has 1 fully saturated rings. The number of hydrogen-bond donors (Lipinski definition) is 1. The minimum absolute atomic E-state index is 0.0916. The number of aromatic nitrogens is 3. The molecular weight excluding hydrogens is 605 g/mol. The quantitative estimate of drug-likeness (QED) is 0.349. The molecule has 44 heavy (non-hydrogen) atoms. The van der Waals surface area contributed by atoms with E-state index in [1.54, 1.807) is 38.4 Å². The molecule has 1 amide bonds. The highest BCUT2D eigenvalue weighted by Crippen LogP contribution is 2.50. The lowest BCUT2D eigenvalue weighted by molar-refractivity contribution is -0.137. The predicted molar refractivity (Wildman–Crippen MR) is 155 cm³/mol. The summed E-state index contributed by atoms with van der Waals surface area (Å²) in [6.45, 7) is 4.68. The van der Waals surface area contributed by atoms with Crippen molar-refractivity contribution in [3.8, 4) is 5.88 Å². The highest BCUT2D eigenvalue weighted by atomic mass is 32.2. The number of carbonyl (C=O) groups is 1. The Hall–Kier alpha value is -3.52. The number of pyridine rings is 1. The van der Waals surface area contributed by atoms with E-state index in [0.29, 0.717) is 18.8 Å². The fraction of sp³-hybridized carbons (Fsp3) is 0.467. The lowest BCUT2D eigenvalue weighted by atomic mass is 9.88. The van der Waals surface area contributed by atoms with Crippen molar-refractivity contribution < 1.29 is 31.5 Å². The van der Waals surface area contributed by atoms with E-state index in [4.69, 9.17) is 4.74 Å². The van der Waals surface area contributed by atoms with Crippen LogP contribution in [0.25, 0.3) is 16.5 Å². The summed E-state index contributed by atoms with van der Waals surface area (Å²) >= 11 is 1.13. The number of piperazine rings is 1. The van der Waals surface area contributed by atoms with Gasteiger partial charge in [0.25, 0.3) is 5.92 Å². The number of thioether (sulfide) groups is 1. The molecule has 3 aliphatic rings. The van der Waals surface area contributed by atoms with E-state index in [0.717, 1.165) is 23.4 Å². The second-order valence-electron chi connectivity index (χ2n) is 11.5. The SMILES string of the molecule is CC1CNCC(C)N1C(=O)Oc1nc(=O)n2c3c(c(C4=CCC(F)(F)CC4)c(C(F)(F)F)cc13)SC[C@@H](c1ccncc1)C2. The highest BCUT2D eigenvalue weighted by Gasteiger charge is 2.41. The fourth-order valence-electron chi connectivity index (χ4n) is 6.26. The monoisotopic (exact) mass is 635 g/mol. The van der Waals surface area contributed by atoms with Crippen LogP contribution in [-0.2, 0) is 12.7 Å². The number of hydrogen-bond acceptors (Lipinski definition) is 7. The van der Waals surface area contributed by atoms with Crippen LogP contribution in [0.15, 0.2) is 46.4 Å². The Labute approximate surface area is 253 Å². The maximum absolute atomic E-state index is 14.8. The van der Waals surface area contributed by atoms with Crippen LogP contribution < -0.4 is 15.7 Å². The summed E-state index contributed by atoms with van der Waals surface area (Å²) in [4.78, 5) is 36.6. The topological polar surface area (TPSA) is 89.4 Å². The Morgan fingerprint density at radius 2 is 1.86 bits per heavy atom. The van der Waals surface area contributed by atoms with Gasteiger partial charge in [0.05, 0.1) is 16.5 Å². The molecule has 3 aromatic rings. The van der Waals surface area contributed by atoms with Gasteiger partial charge in [-0.3, -0.25) is 14.5 Å². The third-order valence-corrected chi connectivity index (χ3v) is 9.71. The Bertz CT molecular complexity index is 1680. The Balaban J connectivity index is 1.58. The van der Waals surface area contributed by atoms with E-state index < -0.39 is 48.2 Å². The van der Waals surface area contributed by atoms with Gasteiger partial charge in [-0.05, 0) is 49.6 Å². The molecule has 1 saturated heterocycles. The second-order valence-corrected chi connectivity index (χ2v) is 12.6. The van der Waals surface area contributed by atoms with Crippen molar-refractivity contribution in [3.05, 3.63) is 63.8 Å². The number of carbonyl (C=O) groups excluding carboxylic acids is 1. The predicted octanol–water partition coefficient (Wildman–Crippen LogP) is 6.08. The van der Waals surface area contributed by atoms with Crippen molar-refractivity contribution in [2.24, 2.45) is 0 Å². The Kier molecular flexibility index (Phi) is 7.93. The van der Waals surface area contributed by atoms with Gasteiger partial charge >= 0.3 is 18.0 Å². The fourth-order valence-corrected chi connectivity index (χ4v) is 7.66. The third-order valence-electron chi connectivity index (χ3n) is 8.45. The lowest BCUT2D eigenvalue weighted by Gasteiger charge is -2.38. The van der Waals surface area contributed by atoms with E-state index in [2.05, 4.69) is 15.3 Å². The van der Waals surface area contributed by atoms with Gasteiger partial charge in [0.15, 0.2) is 0 Å². The third kappa shape index (κ3) is 5.69. The summed E-state index contributed by atoms with van der Waals surface area (Å²) in [5, 5.41) is 3.04. The molecule has 3 atom stereocenters. The number of nitrogens with one attached hydrogen (secondary N) is 1. The number of amides is 1. The van der Waals surface area contributed by atoms with Crippen molar-refractivity contribution >= 4 is 34.3 Å². The summed E-state index contributed by atoms with van der Waals surface area (Å²) < 4.78 is 79.6. The van der Waals surface area contributed by atoms with Gasteiger partial charge in [-0.15, -0.1) is 11.8 Å². The zero-order valence-corrected chi connectivity index (χ0v) is 24.8. The molecule has 2 aliphatic heterocycles. The van der Waals surface area contributed by atoms with Gasteiger partial charge < -0.3 is 10.1 Å². The molecule has 1 N–H and O–H groups in total. The molecule has 0 spiro atoms. The normalized spacial score (nSPS) is 23.7. The summed E-state index contributed by atoms with van der Waals surface area (Å²) in [6, 6.07) is 3.83. The van der Waals surface area contributed by atoms with Gasteiger partial charge in [0.1, 0.15) is 0 Å². The van der Waals surface area contributed by atoms with Gasteiger partial charge in [-0.2, -0.15) is 18.2 Å². The van der Waals surface area contributed by atoms with Crippen molar-refractivity contribution in [2.45, 2.75) is 74.7 Å². The van der Waals surface area contributed by atoms with Crippen LogP contribution in [0.4, 0.5) is 26.7 Å². The van der Waals surface area contributed by atoms with Gasteiger partial charge in [-0.25, -0.2) is 18.4 Å². The van der Waals surface area contributed by atoms with Gasteiger partial charge in [-0.1, -0.05) is 6.08 Å². The molecule has 4 heterocycles. The molecule has 0 saturated carbocycles. The number of rotatable bonds is 3. The van der Waals surface area contributed by atoms with Crippen molar-refractivity contribution in [2.75, 3.05) is 18.8 Å². The van der Waals surface area contributed by atoms with Crippen LogP contribution in [0.3, 0.4) is 0 Å². The molecular formula is C30H30F5N5O3S. The largest absolute Gasteiger partial charge is 0.417 e. The second kappa shape index (κ2) is 11.4. The van der Waals surface area contributed by atoms with Crippen LogP contribution in [0.5, 0.6) is 5.88 Å². The molecule has 8 nitrogen and oxygen atoms in total. The first kappa shape index (κ1) is 30.5. The number of alkyl halides is 5. The van der Waals surface area contributed by atoms with E-state index in [-0.39, 0.29) is 57.9 Å². The summed E-state index contributed by atoms with van der Waals surface area (Å²) in [5.74, 6) is -3.54. The molecule has 14 heteroatoms. The zero-order chi connectivity index (χ0) is 31.4. The van der Waals surface area contributed by atoms with E-state index >= 15 is 0 Å². The summed E-state index contributed by atoms with van der Waals surface area (Å²) in [7, 11) is 0. The van der Waals surface area contributed by atoms with Crippen LogP contribution in [0.1, 0.15) is 55.7 Å². The lowest BCUT2D eigenvalue weighted by Crippen LogP contribution is -2.58. The van der Waals surface area contributed by atoms with Gasteiger partial charge in [0, 0.05) is 79.1 Å². The maximum Gasteiger partial charge on any atom is 0.417 e. The first-order valence-corrected chi connectivity index (χ1v) is 15.3. The van der Waals surface area contributed by atoms with Crippen LogP contribution in [-0.4, -0.2) is 62.4 Å². The van der Waals surface area contributed by atoms with Crippen molar-refractivity contribution in [3.63, 3.8) is 0 Å². The minimum Gasteiger partial charge on any atom is -0.390 e. The number of benzene rings is 1. The Morgan fingerprint density at radius 1 is 1.16 bits per heavy atom. The van der Waals surface area contributed by atoms with Crippen LogP contribution in [0, 0.1) is 0 Å². The molecule has 0 bridgehead atoms. The first-order valence-electron chi connectivity index (χ1n) is 14.3. The molecule has 0 radical (unpaired) electrons. The zero-order valence-electron chi connectivity index (χ0n) is 24.0. The number of ether oxygens (including phenoxy) is 1. The molecule has 234 valence electrons.